The summed E-state index contributed by atoms with van der Waals surface area (Å²) < 4.78 is 0. The number of fused-ring (bicyclic) bond motifs is 1. The molecular weight excluding hydrogens is 260 g/mol. The lowest BCUT2D eigenvalue weighted by atomic mass is 9.64. The number of aromatic nitrogens is 1. The first-order valence-electron chi connectivity index (χ1n) is 6.48. The van der Waals surface area contributed by atoms with Crippen LogP contribution in [0.1, 0.15) is 20.3 Å². The van der Waals surface area contributed by atoms with Crippen molar-refractivity contribution < 1.29 is 5.11 Å². The number of hydrogen-bond acceptors (Lipinski definition) is 3. The average molecular weight is 277 g/mol. The zero-order valence-corrected chi connectivity index (χ0v) is 11.8. The Morgan fingerprint density at radius 2 is 2.16 bits per heavy atom. The van der Waals surface area contributed by atoms with Gasteiger partial charge < -0.3 is 10.4 Å². The van der Waals surface area contributed by atoms with Gasteiger partial charge in [0.25, 0.3) is 0 Å². The molecule has 0 bridgehead atoms. The van der Waals surface area contributed by atoms with Gasteiger partial charge in [0.1, 0.15) is 0 Å². The van der Waals surface area contributed by atoms with Crippen LogP contribution in [0, 0.1) is 5.41 Å². The van der Waals surface area contributed by atoms with Crippen LogP contribution in [0.5, 0.6) is 0 Å². The number of aliphatic hydroxyl groups excluding tert-OH is 1. The Bertz CT molecular complexity index is 627. The van der Waals surface area contributed by atoms with Gasteiger partial charge in [0, 0.05) is 28.7 Å². The van der Waals surface area contributed by atoms with E-state index in [1.165, 1.54) is 0 Å². The van der Waals surface area contributed by atoms with Crippen LogP contribution in [0.2, 0.25) is 5.02 Å². The first-order valence-corrected chi connectivity index (χ1v) is 6.86. The first-order chi connectivity index (χ1) is 9.00. The molecule has 100 valence electrons. The van der Waals surface area contributed by atoms with E-state index in [1.54, 1.807) is 6.20 Å². The number of nitrogens with zero attached hydrogens (tertiary/aromatic N) is 1. The van der Waals surface area contributed by atoms with Gasteiger partial charge >= 0.3 is 0 Å². The van der Waals surface area contributed by atoms with E-state index >= 15 is 0 Å². The molecule has 0 amide bonds. The fraction of sp³-hybridized carbons (Fsp3) is 0.400. The lowest BCUT2D eigenvalue weighted by Gasteiger charge is -2.50. The van der Waals surface area contributed by atoms with Crippen molar-refractivity contribution in [2.24, 2.45) is 5.41 Å². The maximum atomic E-state index is 9.81. The minimum absolute atomic E-state index is 0.103. The van der Waals surface area contributed by atoms with Gasteiger partial charge in [0.15, 0.2) is 0 Å². The van der Waals surface area contributed by atoms with E-state index in [9.17, 15) is 5.11 Å². The number of rotatable bonds is 2. The molecule has 0 radical (unpaired) electrons. The molecular formula is C15H17ClN2O. The summed E-state index contributed by atoms with van der Waals surface area (Å²) in [4.78, 5) is 4.32. The van der Waals surface area contributed by atoms with Crippen LogP contribution in [0.15, 0.2) is 30.5 Å². The van der Waals surface area contributed by atoms with Crippen LogP contribution in [-0.2, 0) is 0 Å². The van der Waals surface area contributed by atoms with Gasteiger partial charge in [-0.2, -0.15) is 0 Å². The molecule has 1 saturated carbocycles. The molecule has 0 aliphatic heterocycles. The number of nitrogens with one attached hydrogen (secondary N) is 1. The highest BCUT2D eigenvalue weighted by molar-refractivity contribution is 6.35. The molecule has 19 heavy (non-hydrogen) atoms. The van der Waals surface area contributed by atoms with Crippen molar-refractivity contribution in [3.63, 3.8) is 0 Å². The smallest absolute Gasteiger partial charge is 0.0908 e. The van der Waals surface area contributed by atoms with E-state index in [4.69, 9.17) is 11.6 Å². The molecule has 2 unspecified atom stereocenters. The zero-order chi connectivity index (χ0) is 13.6. The summed E-state index contributed by atoms with van der Waals surface area (Å²) in [5.74, 6) is 0. The average Bonchev–Trinajstić information content (AvgIpc) is 2.41. The van der Waals surface area contributed by atoms with E-state index in [0.29, 0.717) is 5.02 Å². The number of halogens is 1. The molecule has 0 saturated heterocycles. The second-order valence-corrected chi connectivity index (χ2v) is 6.17. The summed E-state index contributed by atoms with van der Waals surface area (Å²) in [5, 5.41) is 15.0. The number of aliphatic hydroxyl groups is 1. The molecule has 1 aromatic carbocycles. The maximum Gasteiger partial charge on any atom is 0.0908 e. The van der Waals surface area contributed by atoms with Crippen LogP contribution >= 0.6 is 11.6 Å². The molecule has 4 heteroatoms. The van der Waals surface area contributed by atoms with Crippen LogP contribution in [-0.4, -0.2) is 22.2 Å². The molecule has 0 spiro atoms. The summed E-state index contributed by atoms with van der Waals surface area (Å²) in [5.41, 5.74) is 1.73. The fourth-order valence-corrected chi connectivity index (χ4v) is 2.81. The second-order valence-electron chi connectivity index (χ2n) is 5.76. The first kappa shape index (κ1) is 12.7. The maximum absolute atomic E-state index is 9.81. The molecule has 1 aliphatic rings. The van der Waals surface area contributed by atoms with Crippen molar-refractivity contribution in [2.45, 2.75) is 32.4 Å². The predicted molar refractivity (Wildman–Crippen MR) is 78.6 cm³/mol. The van der Waals surface area contributed by atoms with Gasteiger partial charge in [0.2, 0.25) is 0 Å². The Kier molecular flexibility index (Phi) is 2.91. The number of benzene rings is 1. The highest BCUT2D eigenvalue weighted by Crippen LogP contribution is 2.43. The van der Waals surface area contributed by atoms with E-state index in [-0.39, 0.29) is 17.6 Å². The molecule has 3 rings (SSSR count). The van der Waals surface area contributed by atoms with Gasteiger partial charge in [-0.15, -0.1) is 0 Å². The predicted octanol–water partition coefficient (Wildman–Crippen LogP) is 3.46. The molecule has 1 aliphatic carbocycles. The van der Waals surface area contributed by atoms with Gasteiger partial charge in [-0.25, -0.2) is 0 Å². The number of pyridine rings is 1. The molecule has 2 N–H and O–H groups in total. The van der Waals surface area contributed by atoms with E-state index in [2.05, 4.69) is 24.1 Å². The van der Waals surface area contributed by atoms with Crippen LogP contribution in [0.25, 0.3) is 10.9 Å². The van der Waals surface area contributed by atoms with Gasteiger partial charge in [-0.1, -0.05) is 25.4 Å². The monoisotopic (exact) mass is 276 g/mol. The van der Waals surface area contributed by atoms with Gasteiger partial charge in [-0.05, 0) is 30.7 Å². The van der Waals surface area contributed by atoms with E-state index in [1.807, 2.05) is 24.3 Å². The minimum Gasteiger partial charge on any atom is -0.392 e. The van der Waals surface area contributed by atoms with Crippen LogP contribution in [0.3, 0.4) is 0 Å². The van der Waals surface area contributed by atoms with Crippen molar-refractivity contribution in [1.29, 1.82) is 0 Å². The second kappa shape index (κ2) is 4.36. The lowest BCUT2D eigenvalue weighted by molar-refractivity contribution is -0.0510. The van der Waals surface area contributed by atoms with Crippen LogP contribution < -0.4 is 5.32 Å². The summed E-state index contributed by atoms with van der Waals surface area (Å²) >= 11 is 6.16. The Balaban J connectivity index is 1.97. The summed E-state index contributed by atoms with van der Waals surface area (Å²) in [6, 6.07) is 8.03. The Labute approximate surface area is 117 Å². The molecule has 3 nitrogen and oxygen atoms in total. The third-order valence-corrected chi connectivity index (χ3v) is 4.57. The van der Waals surface area contributed by atoms with E-state index < -0.39 is 0 Å². The molecule has 2 atom stereocenters. The topological polar surface area (TPSA) is 45.1 Å². The van der Waals surface area contributed by atoms with Gasteiger partial charge in [0.05, 0.1) is 16.6 Å². The normalized spacial score (nSPS) is 25.1. The SMILES string of the molecule is CC1(C)C(O)CC1Nc1ccc(Cl)c2ncccc12. The summed E-state index contributed by atoms with van der Waals surface area (Å²) in [7, 11) is 0. The quantitative estimate of drug-likeness (QED) is 0.883. The van der Waals surface area contributed by atoms with Gasteiger partial charge in [-0.3, -0.25) is 4.98 Å². The molecule has 1 aromatic heterocycles. The standard InChI is InChI=1S/C15H17ClN2O/c1-15(2)12(8-13(15)19)18-11-6-5-10(16)14-9(11)4-3-7-17-14/h3-7,12-13,18-19H,8H2,1-2H3. The van der Waals surface area contributed by atoms with Crippen molar-refractivity contribution in [1.82, 2.24) is 4.98 Å². The van der Waals surface area contributed by atoms with E-state index in [0.717, 1.165) is 23.0 Å². The van der Waals surface area contributed by atoms with Crippen molar-refractivity contribution in [3.8, 4) is 0 Å². The summed E-state index contributed by atoms with van der Waals surface area (Å²) in [6.45, 7) is 4.16. The Morgan fingerprint density at radius 1 is 1.37 bits per heavy atom. The minimum atomic E-state index is -0.235. The number of hydrogen-bond donors (Lipinski definition) is 2. The third-order valence-electron chi connectivity index (χ3n) is 4.27. The largest absolute Gasteiger partial charge is 0.392 e. The van der Waals surface area contributed by atoms with Crippen molar-refractivity contribution in [2.75, 3.05) is 5.32 Å². The summed E-state index contributed by atoms with van der Waals surface area (Å²) in [6.07, 6.45) is 2.29. The third kappa shape index (κ3) is 1.97. The fourth-order valence-electron chi connectivity index (χ4n) is 2.60. The Morgan fingerprint density at radius 3 is 2.84 bits per heavy atom. The number of anilines is 1. The zero-order valence-electron chi connectivity index (χ0n) is 11.0. The lowest BCUT2D eigenvalue weighted by Crippen LogP contribution is -2.56. The highest BCUT2D eigenvalue weighted by atomic mass is 35.5. The molecule has 1 heterocycles. The molecule has 2 aromatic rings. The van der Waals surface area contributed by atoms with Crippen molar-refractivity contribution in [3.05, 3.63) is 35.5 Å². The Hall–Kier alpha value is -1.32. The van der Waals surface area contributed by atoms with Crippen molar-refractivity contribution >= 4 is 28.2 Å². The van der Waals surface area contributed by atoms with Crippen LogP contribution in [0.4, 0.5) is 5.69 Å². The highest BCUT2D eigenvalue weighted by Gasteiger charge is 2.47. The molecule has 1 fully saturated rings.